The molecule has 1 aromatic carbocycles. The van der Waals surface area contributed by atoms with Crippen molar-refractivity contribution in [3.8, 4) is 0 Å². The van der Waals surface area contributed by atoms with Gasteiger partial charge in [-0.05, 0) is 47.2 Å². The van der Waals surface area contributed by atoms with Crippen molar-refractivity contribution in [2.45, 2.75) is 19.8 Å². The lowest BCUT2D eigenvalue weighted by Gasteiger charge is -2.10. The number of benzene rings is 1. The van der Waals surface area contributed by atoms with Gasteiger partial charge in [-0.25, -0.2) is 9.97 Å². The van der Waals surface area contributed by atoms with E-state index in [0.29, 0.717) is 5.15 Å². The number of hydrogen-bond donors (Lipinski definition) is 1. The summed E-state index contributed by atoms with van der Waals surface area (Å²) >= 11 is 11.8. The molecule has 100 valence electrons. The largest absolute Gasteiger partial charge is 0.339 e. The van der Waals surface area contributed by atoms with Gasteiger partial charge in [-0.15, -0.1) is 0 Å². The second-order valence-electron chi connectivity index (χ2n) is 3.99. The molecule has 1 aromatic heterocycles. The molecule has 0 amide bonds. The minimum Gasteiger partial charge on any atom is -0.339 e. The van der Waals surface area contributed by atoms with Crippen molar-refractivity contribution in [1.29, 1.82) is 0 Å². The van der Waals surface area contributed by atoms with E-state index in [-0.39, 0.29) is 0 Å². The van der Waals surface area contributed by atoms with E-state index in [2.05, 4.69) is 60.7 Å². The number of nitrogens with zero attached hydrogens (tertiary/aromatic N) is 2. The molecule has 0 radical (unpaired) electrons. The first-order valence-electron chi connectivity index (χ1n) is 5.84. The zero-order valence-corrected chi connectivity index (χ0v) is 14.8. The highest BCUT2D eigenvalue weighted by Crippen LogP contribution is 2.26. The average molecular weight is 453 g/mol. The van der Waals surface area contributed by atoms with Gasteiger partial charge in [0.05, 0.1) is 5.69 Å². The summed E-state index contributed by atoms with van der Waals surface area (Å²) in [4.78, 5) is 8.67. The van der Waals surface area contributed by atoms with E-state index >= 15 is 0 Å². The maximum Gasteiger partial charge on any atom is 0.135 e. The summed E-state index contributed by atoms with van der Waals surface area (Å²) < 4.78 is 2.14. The van der Waals surface area contributed by atoms with Gasteiger partial charge in [0.1, 0.15) is 16.8 Å². The van der Waals surface area contributed by atoms with Gasteiger partial charge in [0.2, 0.25) is 0 Å². The Kier molecular flexibility index (Phi) is 5.41. The van der Waals surface area contributed by atoms with Crippen LogP contribution >= 0.6 is 50.1 Å². The number of halogens is 3. The molecular weight excluding hydrogens is 440 g/mol. The zero-order chi connectivity index (χ0) is 13.8. The van der Waals surface area contributed by atoms with Gasteiger partial charge < -0.3 is 5.32 Å². The van der Waals surface area contributed by atoms with Crippen LogP contribution in [0.1, 0.15) is 19.2 Å². The van der Waals surface area contributed by atoms with Crippen molar-refractivity contribution in [2.75, 3.05) is 5.32 Å². The molecule has 0 aliphatic carbocycles. The van der Waals surface area contributed by atoms with Crippen molar-refractivity contribution >= 4 is 61.6 Å². The monoisotopic (exact) mass is 451 g/mol. The van der Waals surface area contributed by atoms with Gasteiger partial charge in [0.15, 0.2) is 0 Å². The molecule has 2 rings (SSSR count). The average Bonchev–Trinajstić information content (AvgIpc) is 2.33. The molecule has 0 unspecified atom stereocenters. The van der Waals surface area contributed by atoms with E-state index in [9.17, 15) is 0 Å². The number of rotatable bonds is 4. The molecule has 0 bridgehead atoms. The van der Waals surface area contributed by atoms with Crippen molar-refractivity contribution in [3.05, 3.63) is 43.3 Å². The van der Waals surface area contributed by atoms with Crippen LogP contribution in [0, 0.1) is 3.57 Å². The zero-order valence-electron chi connectivity index (χ0n) is 10.3. The third kappa shape index (κ3) is 4.29. The highest BCUT2D eigenvalue weighted by molar-refractivity contribution is 14.1. The van der Waals surface area contributed by atoms with Crippen LogP contribution < -0.4 is 5.32 Å². The second-order valence-corrected chi connectivity index (χ2v) is 6.46. The Bertz CT molecular complexity index is 592. The number of nitrogens with one attached hydrogen (secondary N) is 1. The molecule has 0 fully saturated rings. The van der Waals surface area contributed by atoms with Gasteiger partial charge in [-0.3, -0.25) is 0 Å². The van der Waals surface area contributed by atoms with Crippen LogP contribution in [0.3, 0.4) is 0 Å². The fraction of sp³-hybridized carbons (Fsp3) is 0.231. The molecule has 0 aliphatic rings. The van der Waals surface area contributed by atoms with Crippen LogP contribution in [0.25, 0.3) is 0 Å². The van der Waals surface area contributed by atoms with Gasteiger partial charge in [-0.1, -0.05) is 34.5 Å². The summed E-state index contributed by atoms with van der Waals surface area (Å²) in [7, 11) is 0. The fourth-order valence-electron chi connectivity index (χ4n) is 1.60. The standard InChI is InChI=1S/C13H12BrClIN3/c1-2-3-12-18-11(15)7-13(19-12)17-10-6-8(14)4-5-9(10)16/h4-7H,2-3H2,1H3,(H,17,18,19). The van der Waals surface area contributed by atoms with Crippen molar-refractivity contribution < 1.29 is 0 Å². The Morgan fingerprint density at radius 3 is 2.84 bits per heavy atom. The molecule has 0 aliphatic heterocycles. The smallest absolute Gasteiger partial charge is 0.135 e. The minimum absolute atomic E-state index is 0.464. The lowest BCUT2D eigenvalue weighted by Crippen LogP contribution is -2.01. The molecule has 6 heteroatoms. The first-order chi connectivity index (χ1) is 9.08. The molecule has 0 saturated carbocycles. The van der Waals surface area contributed by atoms with Gasteiger partial charge in [0, 0.05) is 20.5 Å². The van der Waals surface area contributed by atoms with E-state index in [1.807, 2.05) is 18.2 Å². The topological polar surface area (TPSA) is 37.8 Å². The quantitative estimate of drug-likeness (QED) is 0.512. The van der Waals surface area contributed by atoms with Crippen molar-refractivity contribution in [2.24, 2.45) is 0 Å². The van der Waals surface area contributed by atoms with Crippen LogP contribution in [0.5, 0.6) is 0 Å². The lowest BCUT2D eigenvalue weighted by atomic mass is 10.3. The van der Waals surface area contributed by atoms with Crippen LogP contribution in [0.15, 0.2) is 28.7 Å². The first-order valence-corrected chi connectivity index (χ1v) is 8.09. The van der Waals surface area contributed by atoms with Crippen LogP contribution in [-0.2, 0) is 6.42 Å². The Labute approximate surface area is 139 Å². The lowest BCUT2D eigenvalue weighted by molar-refractivity contribution is 0.837. The third-order valence-electron chi connectivity index (χ3n) is 2.41. The van der Waals surface area contributed by atoms with E-state index in [4.69, 9.17) is 11.6 Å². The van der Waals surface area contributed by atoms with Crippen LogP contribution in [-0.4, -0.2) is 9.97 Å². The van der Waals surface area contributed by atoms with Gasteiger partial charge in [-0.2, -0.15) is 0 Å². The molecule has 0 spiro atoms. The van der Waals surface area contributed by atoms with Gasteiger partial charge >= 0.3 is 0 Å². The molecule has 0 atom stereocenters. The van der Waals surface area contributed by atoms with Crippen LogP contribution in [0.4, 0.5) is 11.5 Å². The minimum atomic E-state index is 0.464. The Hall–Kier alpha value is -0.400. The number of aromatic nitrogens is 2. The van der Waals surface area contributed by atoms with Crippen molar-refractivity contribution in [3.63, 3.8) is 0 Å². The SMILES string of the molecule is CCCc1nc(Cl)cc(Nc2cc(Br)ccc2I)n1. The summed E-state index contributed by atoms with van der Waals surface area (Å²) in [5.41, 5.74) is 0.993. The molecule has 0 saturated heterocycles. The predicted molar refractivity (Wildman–Crippen MR) is 91.2 cm³/mol. The molecule has 19 heavy (non-hydrogen) atoms. The van der Waals surface area contributed by atoms with Gasteiger partial charge in [0.25, 0.3) is 0 Å². The van der Waals surface area contributed by atoms with Crippen LogP contribution in [0.2, 0.25) is 5.15 Å². The normalized spacial score (nSPS) is 10.5. The summed E-state index contributed by atoms with van der Waals surface area (Å²) in [6, 6.07) is 7.78. The molecular formula is C13H12BrClIN3. The predicted octanol–water partition coefficient (Wildman–Crippen LogP) is 5.19. The Morgan fingerprint density at radius 2 is 2.11 bits per heavy atom. The number of aryl methyl sites for hydroxylation is 1. The summed E-state index contributed by atoms with van der Waals surface area (Å²) in [6.07, 6.45) is 1.82. The molecule has 1 heterocycles. The highest BCUT2D eigenvalue weighted by atomic mass is 127. The molecule has 3 nitrogen and oxygen atoms in total. The Balaban J connectivity index is 2.29. The first kappa shape index (κ1) is 15.0. The summed E-state index contributed by atoms with van der Waals surface area (Å²) in [5, 5.41) is 3.74. The van der Waals surface area contributed by atoms with Crippen molar-refractivity contribution in [1.82, 2.24) is 9.97 Å². The molecule has 2 aromatic rings. The van der Waals surface area contributed by atoms with E-state index in [1.54, 1.807) is 6.07 Å². The number of hydrogen-bond acceptors (Lipinski definition) is 3. The van der Waals surface area contributed by atoms with E-state index in [0.717, 1.165) is 38.2 Å². The van der Waals surface area contributed by atoms with E-state index < -0.39 is 0 Å². The summed E-state index contributed by atoms with van der Waals surface area (Å²) in [5.74, 6) is 1.49. The highest BCUT2D eigenvalue weighted by Gasteiger charge is 2.06. The fourth-order valence-corrected chi connectivity index (χ4v) is 2.63. The third-order valence-corrected chi connectivity index (χ3v) is 4.03. The van der Waals surface area contributed by atoms with E-state index in [1.165, 1.54) is 0 Å². The Morgan fingerprint density at radius 1 is 1.32 bits per heavy atom. The maximum atomic E-state index is 6.02. The second kappa shape index (κ2) is 6.85. The summed E-state index contributed by atoms with van der Waals surface area (Å²) in [6.45, 7) is 2.09. The molecule has 1 N–H and O–H groups in total. The number of anilines is 2. The maximum absolute atomic E-state index is 6.02.